The van der Waals surface area contributed by atoms with Gasteiger partial charge in [-0.1, -0.05) is 42.5 Å². The first-order chi connectivity index (χ1) is 11.7. The first kappa shape index (κ1) is 16.0. The highest BCUT2D eigenvalue weighted by Crippen LogP contribution is 2.22. The highest BCUT2D eigenvalue weighted by atomic mass is 35.5. The second-order valence-corrected chi connectivity index (χ2v) is 5.46. The van der Waals surface area contributed by atoms with Crippen LogP contribution in [0.5, 0.6) is 5.75 Å². The monoisotopic (exact) mass is 339 g/mol. The number of ether oxygens (including phenoxy) is 2. The van der Waals surface area contributed by atoms with Crippen LogP contribution in [0, 0.1) is 0 Å². The van der Waals surface area contributed by atoms with E-state index in [1.54, 1.807) is 36.4 Å². The molecule has 120 valence electrons. The number of carbonyl (C=O) groups is 1. The van der Waals surface area contributed by atoms with Crippen LogP contribution in [0.4, 0.5) is 0 Å². The van der Waals surface area contributed by atoms with Crippen LogP contribution in [-0.4, -0.2) is 18.5 Å². The molecule has 0 radical (unpaired) electrons. The lowest BCUT2D eigenvalue weighted by atomic mass is 10.2. The Bertz CT molecular complexity index is 855. The highest BCUT2D eigenvalue weighted by molar-refractivity contribution is 6.31. The molecule has 0 spiro atoms. The minimum Gasteiger partial charge on any atom is -0.490 e. The molecule has 0 atom stereocenters. The van der Waals surface area contributed by atoms with Gasteiger partial charge in [-0.25, -0.2) is 9.79 Å². The summed E-state index contributed by atoms with van der Waals surface area (Å²) in [6, 6.07) is 14.3. The fraction of sp³-hybridized carbons (Fsp3) is 0.0526. The molecule has 2 aromatic rings. The summed E-state index contributed by atoms with van der Waals surface area (Å²) in [5, 5.41) is 0.552. The van der Waals surface area contributed by atoms with Gasteiger partial charge in [0, 0.05) is 10.6 Å². The Morgan fingerprint density at radius 2 is 2.04 bits per heavy atom. The SMILES string of the molecule is C=CCOc1cccc(/C=C2/N=C(c3cccc(Cl)c3)OC2=O)c1. The maximum atomic E-state index is 12.0. The van der Waals surface area contributed by atoms with Crippen molar-refractivity contribution < 1.29 is 14.3 Å². The number of hydrogen-bond acceptors (Lipinski definition) is 4. The number of aliphatic imine (C=N–C) groups is 1. The molecule has 0 saturated carbocycles. The molecule has 0 bridgehead atoms. The molecule has 0 N–H and O–H groups in total. The summed E-state index contributed by atoms with van der Waals surface area (Å²) in [6.45, 7) is 4.03. The van der Waals surface area contributed by atoms with Crippen LogP contribution in [0.15, 0.2) is 71.9 Å². The van der Waals surface area contributed by atoms with Gasteiger partial charge < -0.3 is 9.47 Å². The van der Waals surface area contributed by atoms with Gasteiger partial charge in [-0.05, 0) is 42.0 Å². The average molecular weight is 340 g/mol. The zero-order valence-corrected chi connectivity index (χ0v) is 13.5. The number of nitrogens with zero attached hydrogens (tertiary/aromatic N) is 1. The van der Waals surface area contributed by atoms with Gasteiger partial charge >= 0.3 is 5.97 Å². The normalized spacial score (nSPS) is 15.1. The van der Waals surface area contributed by atoms with Gasteiger partial charge in [-0.2, -0.15) is 0 Å². The maximum absolute atomic E-state index is 12.0. The van der Waals surface area contributed by atoms with Crippen molar-refractivity contribution in [1.82, 2.24) is 0 Å². The predicted molar refractivity (Wildman–Crippen MR) is 94.2 cm³/mol. The number of rotatable bonds is 5. The fourth-order valence-electron chi connectivity index (χ4n) is 2.16. The molecule has 5 heteroatoms. The molecule has 2 aromatic carbocycles. The van der Waals surface area contributed by atoms with Crippen molar-refractivity contribution in [2.75, 3.05) is 6.61 Å². The van der Waals surface area contributed by atoms with E-state index in [1.807, 2.05) is 24.3 Å². The van der Waals surface area contributed by atoms with E-state index in [-0.39, 0.29) is 11.6 Å². The van der Waals surface area contributed by atoms with Crippen LogP contribution in [0.3, 0.4) is 0 Å². The molecule has 0 aliphatic carbocycles. The van der Waals surface area contributed by atoms with Gasteiger partial charge in [-0.3, -0.25) is 0 Å². The van der Waals surface area contributed by atoms with E-state index in [1.165, 1.54) is 0 Å². The third-order valence-electron chi connectivity index (χ3n) is 3.22. The molecular formula is C19H14ClNO3. The summed E-state index contributed by atoms with van der Waals surface area (Å²) in [5.41, 5.74) is 1.67. The third kappa shape index (κ3) is 3.73. The van der Waals surface area contributed by atoms with E-state index in [9.17, 15) is 4.79 Å². The van der Waals surface area contributed by atoms with E-state index in [0.717, 1.165) is 5.56 Å². The molecule has 1 aliphatic rings. The van der Waals surface area contributed by atoms with Crippen molar-refractivity contribution in [3.05, 3.63) is 83.0 Å². The van der Waals surface area contributed by atoms with E-state index < -0.39 is 5.97 Å². The lowest BCUT2D eigenvalue weighted by molar-refractivity contribution is -0.129. The summed E-state index contributed by atoms with van der Waals surface area (Å²) in [4.78, 5) is 16.3. The Labute approximate surface area is 144 Å². The van der Waals surface area contributed by atoms with Crippen molar-refractivity contribution >= 4 is 29.5 Å². The Morgan fingerprint density at radius 3 is 2.83 bits per heavy atom. The molecule has 1 aliphatic heterocycles. The lowest BCUT2D eigenvalue weighted by Gasteiger charge is -2.03. The zero-order valence-electron chi connectivity index (χ0n) is 12.7. The molecule has 0 fully saturated rings. The first-order valence-corrected chi connectivity index (χ1v) is 7.66. The number of benzene rings is 2. The van der Waals surface area contributed by atoms with Crippen molar-refractivity contribution in [3.63, 3.8) is 0 Å². The Kier molecular flexibility index (Phi) is 4.77. The Balaban J connectivity index is 1.87. The van der Waals surface area contributed by atoms with Crippen LogP contribution < -0.4 is 4.74 Å². The average Bonchev–Trinajstić information content (AvgIpc) is 2.94. The number of halogens is 1. The quantitative estimate of drug-likeness (QED) is 0.465. The van der Waals surface area contributed by atoms with Crippen molar-refractivity contribution in [2.24, 2.45) is 4.99 Å². The zero-order chi connectivity index (χ0) is 16.9. The summed E-state index contributed by atoms with van der Waals surface area (Å²) >= 11 is 5.95. The van der Waals surface area contributed by atoms with Gasteiger partial charge in [0.05, 0.1) is 0 Å². The topological polar surface area (TPSA) is 47.9 Å². The summed E-state index contributed by atoms with van der Waals surface area (Å²) < 4.78 is 10.7. The van der Waals surface area contributed by atoms with Gasteiger partial charge in [0.15, 0.2) is 5.70 Å². The Morgan fingerprint density at radius 1 is 1.21 bits per heavy atom. The standard InChI is InChI=1S/C19H14ClNO3/c1-2-9-23-16-8-3-5-13(10-16)11-17-19(22)24-18(21-17)14-6-4-7-15(20)12-14/h2-8,10-12H,1,9H2/b17-11+. The largest absolute Gasteiger partial charge is 0.490 e. The minimum atomic E-state index is -0.498. The van der Waals surface area contributed by atoms with Crippen molar-refractivity contribution in [1.29, 1.82) is 0 Å². The van der Waals surface area contributed by atoms with Crippen molar-refractivity contribution in [3.8, 4) is 5.75 Å². The van der Waals surface area contributed by atoms with Crippen LogP contribution in [0.2, 0.25) is 5.02 Å². The number of carbonyl (C=O) groups excluding carboxylic acids is 1. The molecule has 0 amide bonds. The maximum Gasteiger partial charge on any atom is 0.363 e. The smallest absolute Gasteiger partial charge is 0.363 e. The number of esters is 1. The highest BCUT2D eigenvalue weighted by Gasteiger charge is 2.24. The molecule has 0 unspecified atom stereocenters. The van der Waals surface area contributed by atoms with E-state index in [4.69, 9.17) is 21.1 Å². The summed E-state index contributed by atoms with van der Waals surface area (Å²) in [6.07, 6.45) is 3.32. The molecule has 4 nitrogen and oxygen atoms in total. The number of cyclic esters (lactones) is 1. The molecule has 0 aromatic heterocycles. The van der Waals surface area contributed by atoms with Gasteiger partial charge in [-0.15, -0.1) is 0 Å². The first-order valence-electron chi connectivity index (χ1n) is 7.28. The van der Waals surface area contributed by atoms with Crippen LogP contribution >= 0.6 is 11.6 Å². The molecule has 1 heterocycles. The molecule has 3 rings (SSSR count). The second-order valence-electron chi connectivity index (χ2n) is 5.02. The lowest BCUT2D eigenvalue weighted by Crippen LogP contribution is -2.05. The third-order valence-corrected chi connectivity index (χ3v) is 3.46. The minimum absolute atomic E-state index is 0.228. The fourth-order valence-corrected chi connectivity index (χ4v) is 2.35. The molecule has 24 heavy (non-hydrogen) atoms. The molecular weight excluding hydrogens is 326 g/mol. The van der Waals surface area contributed by atoms with Gasteiger partial charge in [0.1, 0.15) is 12.4 Å². The predicted octanol–water partition coefficient (Wildman–Crippen LogP) is 4.25. The van der Waals surface area contributed by atoms with Gasteiger partial charge in [0.2, 0.25) is 5.90 Å². The summed E-state index contributed by atoms with van der Waals surface area (Å²) in [5.74, 6) is 0.435. The van der Waals surface area contributed by atoms with Crippen molar-refractivity contribution in [2.45, 2.75) is 0 Å². The summed E-state index contributed by atoms with van der Waals surface area (Å²) in [7, 11) is 0. The van der Waals surface area contributed by atoms with E-state index in [0.29, 0.717) is 22.9 Å². The molecule has 0 saturated heterocycles. The van der Waals surface area contributed by atoms with E-state index in [2.05, 4.69) is 11.6 Å². The van der Waals surface area contributed by atoms with Crippen LogP contribution in [-0.2, 0) is 9.53 Å². The van der Waals surface area contributed by atoms with Crippen LogP contribution in [0.25, 0.3) is 6.08 Å². The second kappa shape index (κ2) is 7.15. The van der Waals surface area contributed by atoms with E-state index >= 15 is 0 Å². The van der Waals surface area contributed by atoms with Gasteiger partial charge in [0.25, 0.3) is 0 Å². The van der Waals surface area contributed by atoms with Crippen LogP contribution in [0.1, 0.15) is 11.1 Å². The Hall–Kier alpha value is -2.85. The number of hydrogen-bond donors (Lipinski definition) is 0.